The van der Waals surface area contributed by atoms with Gasteiger partial charge in [-0.05, 0) is 40.7 Å². The molecule has 0 heterocycles. The van der Waals surface area contributed by atoms with E-state index in [9.17, 15) is 14.3 Å². The summed E-state index contributed by atoms with van der Waals surface area (Å²) in [5.41, 5.74) is 2.58. The lowest BCUT2D eigenvalue weighted by Crippen LogP contribution is -2.15. The van der Waals surface area contributed by atoms with Gasteiger partial charge in [0.1, 0.15) is 5.82 Å². The summed E-state index contributed by atoms with van der Waals surface area (Å²) in [7, 11) is 0. The lowest BCUT2D eigenvalue weighted by Gasteiger charge is -2.23. The predicted molar refractivity (Wildman–Crippen MR) is 82.1 cm³/mol. The van der Waals surface area contributed by atoms with Gasteiger partial charge < -0.3 is 5.11 Å². The molecule has 0 bridgehead atoms. The van der Waals surface area contributed by atoms with Crippen LogP contribution in [0.15, 0.2) is 42.5 Å². The van der Waals surface area contributed by atoms with Crippen molar-refractivity contribution in [3.8, 4) is 11.1 Å². The van der Waals surface area contributed by atoms with Crippen LogP contribution in [0.5, 0.6) is 0 Å². The van der Waals surface area contributed by atoms with Gasteiger partial charge in [-0.2, -0.15) is 0 Å². The van der Waals surface area contributed by atoms with Crippen molar-refractivity contribution in [2.24, 2.45) is 0 Å². The standard InChI is InChI=1S/C18H19FO2/c1-4-18(2,3)13-7-5-12(6-8-13)15-10-9-14(19)11-16(15)17(20)21/h5-11H,4H2,1-3H3,(H,20,21). The second-order valence-electron chi connectivity index (χ2n) is 5.81. The van der Waals surface area contributed by atoms with E-state index in [2.05, 4.69) is 20.8 Å². The van der Waals surface area contributed by atoms with Crippen LogP contribution >= 0.6 is 0 Å². The van der Waals surface area contributed by atoms with Crippen LogP contribution < -0.4 is 0 Å². The van der Waals surface area contributed by atoms with Gasteiger partial charge in [0.05, 0.1) is 5.56 Å². The third kappa shape index (κ3) is 3.13. The van der Waals surface area contributed by atoms with Crippen LogP contribution in [0.2, 0.25) is 0 Å². The van der Waals surface area contributed by atoms with Gasteiger partial charge in [0, 0.05) is 0 Å². The zero-order chi connectivity index (χ0) is 15.6. The second-order valence-corrected chi connectivity index (χ2v) is 5.81. The Balaban J connectivity index is 2.47. The highest BCUT2D eigenvalue weighted by Crippen LogP contribution is 2.30. The molecule has 0 radical (unpaired) electrons. The van der Waals surface area contributed by atoms with E-state index in [1.165, 1.54) is 17.7 Å². The molecule has 0 amide bonds. The van der Waals surface area contributed by atoms with Crippen LogP contribution in [-0.4, -0.2) is 11.1 Å². The first-order chi connectivity index (χ1) is 9.85. The minimum absolute atomic E-state index is 0.0162. The van der Waals surface area contributed by atoms with Crippen molar-refractivity contribution in [2.75, 3.05) is 0 Å². The number of halogens is 1. The number of aromatic carboxylic acids is 1. The molecule has 0 saturated carbocycles. The number of benzene rings is 2. The molecule has 110 valence electrons. The smallest absolute Gasteiger partial charge is 0.336 e. The van der Waals surface area contributed by atoms with E-state index in [4.69, 9.17) is 0 Å². The van der Waals surface area contributed by atoms with Gasteiger partial charge in [-0.1, -0.05) is 51.1 Å². The number of rotatable bonds is 4. The summed E-state index contributed by atoms with van der Waals surface area (Å²) >= 11 is 0. The zero-order valence-electron chi connectivity index (χ0n) is 12.5. The molecule has 0 atom stereocenters. The normalized spacial score (nSPS) is 11.4. The molecule has 2 aromatic carbocycles. The third-order valence-electron chi connectivity index (χ3n) is 4.07. The summed E-state index contributed by atoms with van der Waals surface area (Å²) in [6.45, 7) is 6.47. The van der Waals surface area contributed by atoms with E-state index in [0.29, 0.717) is 5.56 Å². The number of carbonyl (C=O) groups is 1. The quantitative estimate of drug-likeness (QED) is 0.869. The van der Waals surface area contributed by atoms with Gasteiger partial charge in [-0.15, -0.1) is 0 Å². The minimum atomic E-state index is -1.12. The van der Waals surface area contributed by atoms with E-state index >= 15 is 0 Å². The highest BCUT2D eigenvalue weighted by molar-refractivity contribution is 5.96. The molecule has 2 rings (SSSR count). The maximum Gasteiger partial charge on any atom is 0.336 e. The van der Waals surface area contributed by atoms with Crippen molar-refractivity contribution < 1.29 is 14.3 Å². The fourth-order valence-corrected chi connectivity index (χ4v) is 2.25. The van der Waals surface area contributed by atoms with E-state index in [1.54, 1.807) is 0 Å². The van der Waals surface area contributed by atoms with Crippen molar-refractivity contribution in [3.63, 3.8) is 0 Å². The Morgan fingerprint density at radius 2 is 1.76 bits per heavy atom. The highest BCUT2D eigenvalue weighted by Gasteiger charge is 2.18. The molecule has 3 heteroatoms. The van der Waals surface area contributed by atoms with Gasteiger partial charge in [0.25, 0.3) is 0 Å². The fourth-order valence-electron chi connectivity index (χ4n) is 2.25. The highest BCUT2D eigenvalue weighted by atomic mass is 19.1. The number of carboxylic acids is 1. The molecule has 0 spiro atoms. The number of carboxylic acid groups (broad SMARTS) is 1. The van der Waals surface area contributed by atoms with Crippen LogP contribution in [-0.2, 0) is 5.41 Å². The summed E-state index contributed by atoms with van der Waals surface area (Å²) in [6, 6.07) is 11.7. The Kier molecular flexibility index (Phi) is 4.12. The Morgan fingerprint density at radius 3 is 2.29 bits per heavy atom. The maximum atomic E-state index is 13.2. The molecule has 0 aliphatic heterocycles. The molecular formula is C18H19FO2. The van der Waals surface area contributed by atoms with Crippen LogP contribution in [0.4, 0.5) is 4.39 Å². The molecule has 0 saturated heterocycles. The van der Waals surface area contributed by atoms with Gasteiger partial charge in [-0.25, -0.2) is 9.18 Å². The molecule has 0 aromatic heterocycles. The molecule has 2 nitrogen and oxygen atoms in total. The van der Waals surface area contributed by atoms with Crippen molar-refractivity contribution in [3.05, 3.63) is 59.4 Å². The van der Waals surface area contributed by atoms with Crippen LogP contribution in [0.25, 0.3) is 11.1 Å². The number of hydrogen-bond donors (Lipinski definition) is 1. The molecule has 0 fully saturated rings. The molecule has 21 heavy (non-hydrogen) atoms. The largest absolute Gasteiger partial charge is 0.478 e. The van der Waals surface area contributed by atoms with Crippen LogP contribution in [0.3, 0.4) is 0 Å². The molecule has 0 aliphatic rings. The van der Waals surface area contributed by atoms with E-state index < -0.39 is 11.8 Å². The average Bonchev–Trinajstić information content (AvgIpc) is 2.47. The Labute approximate surface area is 124 Å². The SMILES string of the molecule is CCC(C)(C)c1ccc(-c2ccc(F)cc2C(=O)O)cc1. The summed E-state index contributed by atoms with van der Waals surface area (Å²) < 4.78 is 13.2. The van der Waals surface area contributed by atoms with Crippen LogP contribution in [0, 0.1) is 5.82 Å². The van der Waals surface area contributed by atoms with Crippen LogP contribution in [0.1, 0.15) is 43.1 Å². The maximum absolute atomic E-state index is 13.2. The second kappa shape index (κ2) is 5.68. The predicted octanol–water partition coefficient (Wildman–Crippen LogP) is 4.88. The molecule has 2 aromatic rings. The van der Waals surface area contributed by atoms with Gasteiger partial charge in [0.2, 0.25) is 0 Å². The monoisotopic (exact) mass is 286 g/mol. The Bertz CT molecular complexity index is 657. The summed E-state index contributed by atoms with van der Waals surface area (Å²) in [5, 5.41) is 9.21. The van der Waals surface area contributed by atoms with Crippen molar-refractivity contribution >= 4 is 5.97 Å². The number of hydrogen-bond acceptors (Lipinski definition) is 1. The average molecular weight is 286 g/mol. The van der Waals surface area contributed by atoms with Gasteiger partial charge in [-0.3, -0.25) is 0 Å². The first-order valence-corrected chi connectivity index (χ1v) is 6.99. The lowest BCUT2D eigenvalue weighted by atomic mass is 9.81. The van der Waals surface area contributed by atoms with E-state index in [-0.39, 0.29) is 11.0 Å². The Hall–Kier alpha value is -2.16. The fraction of sp³-hybridized carbons (Fsp3) is 0.278. The summed E-state index contributed by atoms with van der Waals surface area (Å²) in [4.78, 5) is 11.3. The molecular weight excluding hydrogens is 267 g/mol. The third-order valence-corrected chi connectivity index (χ3v) is 4.07. The minimum Gasteiger partial charge on any atom is -0.478 e. The lowest BCUT2D eigenvalue weighted by molar-refractivity contribution is 0.0697. The zero-order valence-corrected chi connectivity index (χ0v) is 12.5. The summed E-state index contributed by atoms with van der Waals surface area (Å²) in [6.07, 6.45) is 1.02. The molecule has 1 N–H and O–H groups in total. The topological polar surface area (TPSA) is 37.3 Å². The van der Waals surface area contributed by atoms with Crippen molar-refractivity contribution in [1.29, 1.82) is 0 Å². The molecule has 0 aliphatic carbocycles. The first-order valence-electron chi connectivity index (χ1n) is 6.99. The van der Waals surface area contributed by atoms with Gasteiger partial charge >= 0.3 is 5.97 Å². The first kappa shape index (κ1) is 15.2. The molecule has 0 unspecified atom stereocenters. The van der Waals surface area contributed by atoms with Crippen molar-refractivity contribution in [2.45, 2.75) is 32.6 Å². The van der Waals surface area contributed by atoms with E-state index in [0.717, 1.165) is 18.1 Å². The van der Waals surface area contributed by atoms with E-state index in [1.807, 2.05) is 24.3 Å². The van der Waals surface area contributed by atoms with Gasteiger partial charge in [0.15, 0.2) is 0 Å². The van der Waals surface area contributed by atoms with Crippen molar-refractivity contribution in [1.82, 2.24) is 0 Å². The summed E-state index contributed by atoms with van der Waals surface area (Å²) in [5.74, 6) is -1.66. The Morgan fingerprint density at radius 1 is 1.14 bits per heavy atom.